The predicted molar refractivity (Wildman–Crippen MR) is 63.6 cm³/mol. The zero-order valence-corrected chi connectivity index (χ0v) is 10.2. The van der Waals surface area contributed by atoms with Gasteiger partial charge in [-0.2, -0.15) is 11.8 Å². The summed E-state index contributed by atoms with van der Waals surface area (Å²) in [6.45, 7) is 11.0. The van der Waals surface area contributed by atoms with Crippen LogP contribution in [-0.2, 0) is 0 Å². The fourth-order valence-electron chi connectivity index (χ4n) is 0.942. The van der Waals surface area contributed by atoms with Crippen molar-refractivity contribution in [2.75, 3.05) is 24.6 Å². The van der Waals surface area contributed by atoms with E-state index in [1.807, 2.05) is 11.8 Å². The van der Waals surface area contributed by atoms with Gasteiger partial charge in [-0.25, -0.2) is 0 Å². The van der Waals surface area contributed by atoms with Gasteiger partial charge in [0.25, 0.3) is 0 Å². The smallest absolute Gasteiger partial charge is 0.00586 e. The molecule has 0 atom stereocenters. The molecular weight excluding hydrogens is 180 g/mol. The molecule has 0 saturated heterocycles. The molecule has 0 fully saturated rings. The van der Waals surface area contributed by atoms with Crippen molar-refractivity contribution in [2.45, 2.75) is 39.8 Å². The maximum Gasteiger partial charge on any atom is 0.00586 e. The third-order valence-corrected chi connectivity index (χ3v) is 2.58. The Morgan fingerprint density at radius 3 is 1.54 bits per heavy atom. The van der Waals surface area contributed by atoms with E-state index in [2.05, 4.69) is 38.3 Å². The SMILES string of the molecule is CC(C)NCCSCCNC(C)C. The molecule has 0 bridgehead atoms. The van der Waals surface area contributed by atoms with E-state index in [0.29, 0.717) is 12.1 Å². The molecule has 0 saturated carbocycles. The van der Waals surface area contributed by atoms with Crippen LogP contribution in [0, 0.1) is 0 Å². The van der Waals surface area contributed by atoms with E-state index in [-0.39, 0.29) is 0 Å². The summed E-state index contributed by atoms with van der Waals surface area (Å²) in [4.78, 5) is 0. The molecule has 0 aliphatic heterocycles. The predicted octanol–water partition coefficient (Wildman–Crippen LogP) is 1.72. The fraction of sp³-hybridized carbons (Fsp3) is 1.00. The van der Waals surface area contributed by atoms with Gasteiger partial charge >= 0.3 is 0 Å². The Morgan fingerprint density at radius 2 is 1.23 bits per heavy atom. The topological polar surface area (TPSA) is 24.1 Å². The van der Waals surface area contributed by atoms with Crippen molar-refractivity contribution in [3.05, 3.63) is 0 Å². The van der Waals surface area contributed by atoms with Crippen LogP contribution in [0.25, 0.3) is 0 Å². The third-order valence-electron chi connectivity index (χ3n) is 1.60. The van der Waals surface area contributed by atoms with Gasteiger partial charge in [-0.15, -0.1) is 0 Å². The molecule has 0 rings (SSSR count). The first-order valence-electron chi connectivity index (χ1n) is 5.17. The highest BCUT2D eigenvalue weighted by atomic mass is 32.2. The van der Waals surface area contributed by atoms with Crippen molar-refractivity contribution in [2.24, 2.45) is 0 Å². The first kappa shape index (κ1) is 13.3. The van der Waals surface area contributed by atoms with E-state index >= 15 is 0 Å². The van der Waals surface area contributed by atoms with Gasteiger partial charge in [0.05, 0.1) is 0 Å². The molecule has 2 nitrogen and oxygen atoms in total. The molecule has 0 aromatic rings. The maximum absolute atomic E-state index is 3.40. The highest BCUT2D eigenvalue weighted by Crippen LogP contribution is 1.96. The Balaban J connectivity index is 2.92. The molecule has 0 unspecified atom stereocenters. The molecule has 80 valence electrons. The average molecular weight is 204 g/mol. The van der Waals surface area contributed by atoms with E-state index in [0.717, 1.165) is 13.1 Å². The molecular formula is C10H24N2S. The van der Waals surface area contributed by atoms with E-state index < -0.39 is 0 Å². The minimum Gasteiger partial charge on any atom is -0.314 e. The largest absolute Gasteiger partial charge is 0.314 e. The zero-order chi connectivity index (χ0) is 10.1. The summed E-state index contributed by atoms with van der Waals surface area (Å²) in [6.07, 6.45) is 0. The van der Waals surface area contributed by atoms with Gasteiger partial charge in [0, 0.05) is 36.7 Å². The Hall–Kier alpha value is 0.270. The highest BCUT2D eigenvalue weighted by molar-refractivity contribution is 7.99. The summed E-state index contributed by atoms with van der Waals surface area (Å²) in [5.41, 5.74) is 0. The van der Waals surface area contributed by atoms with Crippen LogP contribution in [-0.4, -0.2) is 36.7 Å². The fourth-order valence-corrected chi connectivity index (χ4v) is 1.67. The molecule has 0 heterocycles. The summed E-state index contributed by atoms with van der Waals surface area (Å²) in [5, 5.41) is 6.81. The van der Waals surface area contributed by atoms with Gasteiger partial charge in [0.1, 0.15) is 0 Å². The lowest BCUT2D eigenvalue weighted by atomic mass is 10.4. The Morgan fingerprint density at radius 1 is 0.846 bits per heavy atom. The quantitative estimate of drug-likeness (QED) is 0.589. The normalized spacial score (nSPS) is 11.5. The van der Waals surface area contributed by atoms with Crippen LogP contribution in [0.3, 0.4) is 0 Å². The van der Waals surface area contributed by atoms with E-state index in [9.17, 15) is 0 Å². The Labute approximate surface area is 87.2 Å². The summed E-state index contributed by atoms with van der Waals surface area (Å²) in [6, 6.07) is 1.24. The maximum atomic E-state index is 3.40. The van der Waals surface area contributed by atoms with Crippen molar-refractivity contribution in [1.82, 2.24) is 10.6 Å². The molecule has 0 aromatic carbocycles. The standard InChI is InChI=1S/C10H24N2S/c1-9(2)11-5-7-13-8-6-12-10(3)4/h9-12H,5-8H2,1-4H3. The highest BCUT2D eigenvalue weighted by Gasteiger charge is 1.93. The second-order valence-electron chi connectivity index (χ2n) is 3.83. The summed E-state index contributed by atoms with van der Waals surface area (Å²) >= 11 is 2.01. The van der Waals surface area contributed by atoms with E-state index in [4.69, 9.17) is 0 Å². The molecule has 0 aromatic heterocycles. The molecule has 13 heavy (non-hydrogen) atoms. The van der Waals surface area contributed by atoms with E-state index in [1.54, 1.807) is 0 Å². The average Bonchev–Trinajstić information content (AvgIpc) is 2.01. The van der Waals surface area contributed by atoms with Crippen molar-refractivity contribution in [3.63, 3.8) is 0 Å². The summed E-state index contributed by atoms with van der Waals surface area (Å²) in [5.74, 6) is 2.44. The number of hydrogen-bond acceptors (Lipinski definition) is 3. The number of rotatable bonds is 8. The van der Waals surface area contributed by atoms with Crippen molar-refractivity contribution in [1.29, 1.82) is 0 Å². The number of thioether (sulfide) groups is 1. The van der Waals surface area contributed by atoms with Crippen LogP contribution in [0.15, 0.2) is 0 Å². The van der Waals surface area contributed by atoms with Crippen LogP contribution in [0.4, 0.5) is 0 Å². The minimum atomic E-state index is 0.620. The second kappa shape index (κ2) is 8.85. The van der Waals surface area contributed by atoms with Crippen LogP contribution in [0.5, 0.6) is 0 Å². The van der Waals surface area contributed by atoms with Gasteiger partial charge < -0.3 is 10.6 Å². The molecule has 0 aliphatic carbocycles. The van der Waals surface area contributed by atoms with Crippen molar-refractivity contribution in [3.8, 4) is 0 Å². The Kier molecular flexibility index (Phi) is 9.03. The first-order valence-corrected chi connectivity index (χ1v) is 6.33. The molecule has 0 radical (unpaired) electrons. The van der Waals surface area contributed by atoms with Crippen molar-refractivity contribution < 1.29 is 0 Å². The lowest BCUT2D eigenvalue weighted by molar-refractivity contribution is 0.611. The van der Waals surface area contributed by atoms with E-state index in [1.165, 1.54) is 11.5 Å². The van der Waals surface area contributed by atoms with Crippen LogP contribution < -0.4 is 10.6 Å². The number of nitrogens with one attached hydrogen (secondary N) is 2. The summed E-state index contributed by atoms with van der Waals surface area (Å²) in [7, 11) is 0. The third kappa shape index (κ3) is 12.3. The van der Waals surface area contributed by atoms with Gasteiger partial charge in [-0.1, -0.05) is 27.7 Å². The van der Waals surface area contributed by atoms with Crippen molar-refractivity contribution >= 4 is 11.8 Å². The van der Waals surface area contributed by atoms with Gasteiger partial charge in [0.15, 0.2) is 0 Å². The van der Waals surface area contributed by atoms with Gasteiger partial charge in [0.2, 0.25) is 0 Å². The first-order chi connectivity index (χ1) is 6.13. The lowest BCUT2D eigenvalue weighted by Gasteiger charge is -2.09. The molecule has 2 N–H and O–H groups in total. The van der Waals surface area contributed by atoms with Crippen LogP contribution >= 0.6 is 11.8 Å². The number of hydrogen-bond donors (Lipinski definition) is 2. The monoisotopic (exact) mass is 204 g/mol. The molecule has 3 heteroatoms. The van der Waals surface area contributed by atoms with Gasteiger partial charge in [-0.05, 0) is 0 Å². The zero-order valence-electron chi connectivity index (χ0n) is 9.39. The van der Waals surface area contributed by atoms with Crippen LogP contribution in [0.1, 0.15) is 27.7 Å². The second-order valence-corrected chi connectivity index (χ2v) is 5.05. The Bertz CT molecular complexity index is 93.1. The molecule has 0 spiro atoms. The summed E-state index contributed by atoms with van der Waals surface area (Å²) < 4.78 is 0. The molecule has 0 aliphatic rings. The lowest BCUT2D eigenvalue weighted by Crippen LogP contribution is -2.27. The minimum absolute atomic E-state index is 0.620. The molecule has 0 amide bonds. The van der Waals surface area contributed by atoms with Gasteiger partial charge in [-0.3, -0.25) is 0 Å². The van der Waals surface area contributed by atoms with Crippen LogP contribution in [0.2, 0.25) is 0 Å².